The molecule has 1 aromatic rings. The van der Waals surface area contributed by atoms with Gasteiger partial charge in [-0.3, -0.25) is 4.90 Å². The maximum Gasteiger partial charge on any atom is 0.376 e. The van der Waals surface area contributed by atoms with E-state index >= 15 is 0 Å². The second-order valence-corrected chi connectivity index (χ2v) is 5.39. The largest absolute Gasteiger partial charge is 0.473 e. The highest BCUT2D eigenvalue weighted by atomic mass is 35.5. The van der Waals surface area contributed by atoms with Gasteiger partial charge >= 0.3 is 5.97 Å². The molecule has 1 saturated heterocycles. The normalized spacial score (nSPS) is 23.9. The Morgan fingerprint density at radius 1 is 1.57 bits per heavy atom. The molecular formula is C13H17ClFN3O3. The average molecular weight is 318 g/mol. The standard InChI is InChI=1S/C13H17ClFN3O3/c1-7(9-4-8(15)6-18(9)2)21-11-5-10(14)16-12(17-11)13(19)20-3/h5,7-9H,4,6H2,1-3H3/t7-,8+,9-/m0/s1. The first-order valence-corrected chi connectivity index (χ1v) is 6.92. The fourth-order valence-electron chi connectivity index (χ4n) is 2.42. The number of carbonyl (C=O) groups is 1. The second-order valence-electron chi connectivity index (χ2n) is 5.01. The van der Waals surface area contributed by atoms with Gasteiger partial charge in [0, 0.05) is 18.7 Å². The van der Waals surface area contributed by atoms with Crippen molar-refractivity contribution in [3.63, 3.8) is 0 Å². The number of likely N-dealkylation sites (N-methyl/N-ethyl adjacent to an activating group) is 1. The number of hydrogen-bond donors (Lipinski definition) is 0. The predicted octanol–water partition coefficient (Wildman–Crippen LogP) is 1.73. The van der Waals surface area contributed by atoms with E-state index in [1.54, 1.807) is 0 Å². The number of halogens is 2. The van der Waals surface area contributed by atoms with Gasteiger partial charge in [-0.2, -0.15) is 4.98 Å². The Bertz CT molecular complexity index is 531. The molecule has 0 N–H and O–H groups in total. The Morgan fingerprint density at radius 3 is 2.86 bits per heavy atom. The summed E-state index contributed by atoms with van der Waals surface area (Å²) in [5.41, 5.74) is 0. The van der Waals surface area contributed by atoms with Crippen molar-refractivity contribution >= 4 is 17.6 Å². The van der Waals surface area contributed by atoms with E-state index in [-0.39, 0.29) is 29.0 Å². The van der Waals surface area contributed by atoms with Gasteiger partial charge in [-0.05, 0) is 20.4 Å². The molecule has 0 bridgehead atoms. The lowest BCUT2D eigenvalue weighted by Crippen LogP contribution is -2.38. The van der Waals surface area contributed by atoms with Crippen molar-refractivity contribution in [3.8, 4) is 5.88 Å². The summed E-state index contributed by atoms with van der Waals surface area (Å²) < 4.78 is 23.6. The number of nitrogens with zero attached hydrogens (tertiary/aromatic N) is 3. The molecule has 1 fully saturated rings. The first-order chi connectivity index (χ1) is 9.90. The van der Waals surface area contributed by atoms with Crippen molar-refractivity contribution in [3.05, 3.63) is 17.0 Å². The van der Waals surface area contributed by atoms with Gasteiger partial charge in [-0.25, -0.2) is 14.2 Å². The number of alkyl halides is 1. The van der Waals surface area contributed by atoms with Gasteiger partial charge in [0.25, 0.3) is 0 Å². The minimum atomic E-state index is -0.856. The average Bonchev–Trinajstić information content (AvgIpc) is 2.76. The Labute approximate surface area is 127 Å². The number of hydrogen-bond acceptors (Lipinski definition) is 6. The maximum atomic E-state index is 13.4. The summed E-state index contributed by atoms with van der Waals surface area (Å²) in [5.74, 6) is -0.703. The molecule has 1 aromatic heterocycles. The molecule has 3 atom stereocenters. The number of likely N-dealkylation sites (tertiary alicyclic amines) is 1. The summed E-state index contributed by atoms with van der Waals surface area (Å²) in [6.07, 6.45) is -0.752. The molecule has 0 spiro atoms. The van der Waals surface area contributed by atoms with Crippen LogP contribution in [0.4, 0.5) is 4.39 Å². The smallest absolute Gasteiger partial charge is 0.376 e. The van der Waals surface area contributed by atoms with Crippen LogP contribution in [0.3, 0.4) is 0 Å². The van der Waals surface area contributed by atoms with E-state index in [0.29, 0.717) is 13.0 Å². The van der Waals surface area contributed by atoms with Crippen molar-refractivity contribution in [2.24, 2.45) is 0 Å². The van der Waals surface area contributed by atoms with Crippen LogP contribution >= 0.6 is 11.6 Å². The van der Waals surface area contributed by atoms with Crippen LogP contribution in [0.25, 0.3) is 0 Å². The van der Waals surface area contributed by atoms with E-state index in [0.717, 1.165) is 0 Å². The van der Waals surface area contributed by atoms with Crippen molar-refractivity contribution in [2.75, 3.05) is 20.7 Å². The topological polar surface area (TPSA) is 64.6 Å². The first-order valence-electron chi connectivity index (χ1n) is 6.54. The molecule has 0 radical (unpaired) electrons. The Kier molecular flexibility index (Phi) is 4.95. The van der Waals surface area contributed by atoms with Gasteiger partial charge in [0.15, 0.2) is 0 Å². The highest BCUT2D eigenvalue weighted by molar-refractivity contribution is 6.29. The van der Waals surface area contributed by atoms with Gasteiger partial charge in [-0.1, -0.05) is 11.6 Å². The van der Waals surface area contributed by atoms with E-state index in [1.807, 2.05) is 18.9 Å². The molecule has 0 saturated carbocycles. The summed E-state index contributed by atoms with van der Waals surface area (Å²) in [7, 11) is 3.07. The summed E-state index contributed by atoms with van der Waals surface area (Å²) in [5, 5.41) is 0.0794. The van der Waals surface area contributed by atoms with E-state index in [1.165, 1.54) is 13.2 Å². The molecule has 2 rings (SSSR count). The molecule has 2 heterocycles. The van der Waals surface area contributed by atoms with Gasteiger partial charge in [0.05, 0.1) is 7.11 Å². The molecular weight excluding hydrogens is 301 g/mol. The van der Waals surface area contributed by atoms with Crippen molar-refractivity contribution in [2.45, 2.75) is 31.7 Å². The van der Waals surface area contributed by atoms with Crippen LogP contribution in [0, 0.1) is 0 Å². The Morgan fingerprint density at radius 2 is 2.29 bits per heavy atom. The highest BCUT2D eigenvalue weighted by Gasteiger charge is 2.34. The van der Waals surface area contributed by atoms with E-state index in [4.69, 9.17) is 16.3 Å². The molecule has 0 amide bonds. The van der Waals surface area contributed by atoms with Crippen LogP contribution in [-0.4, -0.2) is 59.9 Å². The first kappa shape index (κ1) is 15.9. The SMILES string of the molecule is COC(=O)c1nc(Cl)cc(O[C@@H](C)[C@@H]2C[C@@H](F)CN2C)n1. The molecule has 0 aliphatic carbocycles. The minimum absolute atomic E-state index is 0.0599. The lowest BCUT2D eigenvalue weighted by atomic mass is 10.1. The van der Waals surface area contributed by atoms with Crippen LogP contribution in [0.2, 0.25) is 5.15 Å². The Balaban J connectivity index is 2.12. The number of ether oxygens (including phenoxy) is 2. The van der Waals surface area contributed by atoms with Gasteiger partial charge in [0.1, 0.15) is 17.4 Å². The number of carbonyl (C=O) groups excluding carboxylic acids is 1. The third-order valence-corrected chi connectivity index (χ3v) is 3.63. The van der Waals surface area contributed by atoms with Crippen LogP contribution < -0.4 is 4.74 Å². The Hall–Kier alpha value is -1.47. The zero-order valence-corrected chi connectivity index (χ0v) is 12.8. The van der Waals surface area contributed by atoms with Crippen LogP contribution in [0.15, 0.2) is 6.07 Å². The fourth-order valence-corrected chi connectivity index (χ4v) is 2.60. The molecule has 1 aliphatic heterocycles. The van der Waals surface area contributed by atoms with Crippen LogP contribution in [0.1, 0.15) is 24.0 Å². The second kappa shape index (κ2) is 6.53. The predicted molar refractivity (Wildman–Crippen MR) is 74.4 cm³/mol. The van der Waals surface area contributed by atoms with E-state index in [2.05, 4.69) is 14.7 Å². The van der Waals surface area contributed by atoms with Crippen molar-refractivity contribution in [1.29, 1.82) is 0 Å². The van der Waals surface area contributed by atoms with Crippen LogP contribution in [-0.2, 0) is 4.74 Å². The van der Waals surface area contributed by atoms with Crippen molar-refractivity contribution < 1.29 is 18.7 Å². The lowest BCUT2D eigenvalue weighted by molar-refractivity contribution is 0.0582. The zero-order chi connectivity index (χ0) is 15.6. The van der Waals surface area contributed by atoms with Crippen molar-refractivity contribution in [1.82, 2.24) is 14.9 Å². The van der Waals surface area contributed by atoms with Gasteiger partial charge in [-0.15, -0.1) is 0 Å². The summed E-state index contributed by atoms with van der Waals surface area (Å²) in [4.78, 5) is 21.1. The summed E-state index contributed by atoms with van der Waals surface area (Å²) >= 11 is 5.84. The number of aromatic nitrogens is 2. The van der Waals surface area contributed by atoms with Gasteiger partial charge in [0.2, 0.25) is 11.7 Å². The van der Waals surface area contributed by atoms with E-state index in [9.17, 15) is 9.18 Å². The quantitative estimate of drug-likeness (QED) is 0.622. The van der Waals surface area contributed by atoms with E-state index < -0.39 is 12.1 Å². The summed E-state index contributed by atoms with van der Waals surface area (Å²) in [6, 6.07) is 1.35. The molecule has 21 heavy (non-hydrogen) atoms. The number of methoxy groups -OCH3 is 1. The molecule has 0 unspecified atom stereocenters. The molecule has 0 aromatic carbocycles. The van der Waals surface area contributed by atoms with Gasteiger partial charge < -0.3 is 9.47 Å². The molecule has 1 aliphatic rings. The maximum absolute atomic E-state index is 13.4. The third-order valence-electron chi connectivity index (χ3n) is 3.44. The highest BCUT2D eigenvalue weighted by Crippen LogP contribution is 2.24. The number of rotatable bonds is 4. The molecule has 116 valence electrons. The molecule has 8 heteroatoms. The molecule has 6 nitrogen and oxygen atoms in total. The third kappa shape index (κ3) is 3.79. The monoisotopic (exact) mass is 317 g/mol. The lowest BCUT2D eigenvalue weighted by Gasteiger charge is -2.25. The zero-order valence-electron chi connectivity index (χ0n) is 12.0. The number of esters is 1. The summed E-state index contributed by atoms with van der Waals surface area (Å²) in [6.45, 7) is 2.21. The van der Waals surface area contributed by atoms with Crippen LogP contribution in [0.5, 0.6) is 5.88 Å². The minimum Gasteiger partial charge on any atom is -0.473 e. The fraction of sp³-hybridized carbons (Fsp3) is 0.615.